The van der Waals surface area contributed by atoms with Gasteiger partial charge in [-0.3, -0.25) is 10.1 Å². The third kappa shape index (κ3) is 2.34. The van der Waals surface area contributed by atoms with Crippen LogP contribution in [0.3, 0.4) is 0 Å². The highest BCUT2D eigenvalue weighted by molar-refractivity contribution is 5.81. The van der Waals surface area contributed by atoms with E-state index >= 15 is 0 Å². The van der Waals surface area contributed by atoms with E-state index in [9.17, 15) is 14.9 Å². The van der Waals surface area contributed by atoms with E-state index in [4.69, 9.17) is 4.74 Å². The number of aryl methyl sites for hydroxylation is 2. The van der Waals surface area contributed by atoms with Gasteiger partial charge in [0, 0.05) is 17.4 Å². The van der Waals surface area contributed by atoms with Gasteiger partial charge in [-0.15, -0.1) is 0 Å². The molecule has 0 bridgehead atoms. The Morgan fingerprint density at radius 3 is 2.50 bits per heavy atom. The average molecular weight is 251 g/mol. The number of hydrogen-bond donors (Lipinski definition) is 0. The summed E-state index contributed by atoms with van der Waals surface area (Å²) in [5, 5.41) is 11.3. The summed E-state index contributed by atoms with van der Waals surface area (Å²) < 4.78 is 4.83. The monoisotopic (exact) mass is 251 g/mol. The molecule has 0 fully saturated rings. The largest absolute Gasteiger partial charge is 0.460 e. The van der Waals surface area contributed by atoms with Crippen LogP contribution >= 0.6 is 0 Å². The van der Waals surface area contributed by atoms with Gasteiger partial charge in [-0.1, -0.05) is 23.8 Å². The smallest absolute Gasteiger partial charge is 0.389 e. The molecule has 0 aliphatic heterocycles. The Hall–Kier alpha value is -1.91. The molecule has 0 spiro atoms. The number of carbonyl (C=O) groups is 1. The molecule has 1 aromatic carbocycles. The number of ether oxygens (including phenoxy) is 1. The summed E-state index contributed by atoms with van der Waals surface area (Å²) in [7, 11) is 0. The SMILES string of the molecule is CCOC(=O)C(C)(c1ccc(C)cc1C)[N+](=O)[O-]. The summed E-state index contributed by atoms with van der Waals surface area (Å²) >= 11 is 0. The van der Waals surface area contributed by atoms with Gasteiger partial charge in [0.25, 0.3) is 0 Å². The van der Waals surface area contributed by atoms with Gasteiger partial charge in [0.15, 0.2) is 0 Å². The highest BCUT2D eigenvalue weighted by atomic mass is 16.6. The van der Waals surface area contributed by atoms with E-state index in [0.29, 0.717) is 11.1 Å². The summed E-state index contributed by atoms with van der Waals surface area (Å²) in [6.07, 6.45) is 0. The lowest BCUT2D eigenvalue weighted by Crippen LogP contribution is -2.42. The predicted molar refractivity (Wildman–Crippen MR) is 66.9 cm³/mol. The molecular weight excluding hydrogens is 234 g/mol. The lowest BCUT2D eigenvalue weighted by atomic mass is 9.88. The Bertz CT molecular complexity index is 484. The van der Waals surface area contributed by atoms with E-state index in [0.717, 1.165) is 5.56 Å². The Kier molecular flexibility index (Phi) is 4.06. The van der Waals surface area contributed by atoms with E-state index in [1.807, 2.05) is 13.0 Å². The molecule has 98 valence electrons. The molecule has 5 heteroatoms. The first kappa shape index (κ1) is 14.2. The van der Waals surface area contributed by atoms with Crippen molar-refractivity contribution >= 4 is 5.97 Å². The van der Waals surface area contributed by atoms with Crippen molar-refractivity contribution in [3.8, 4) is 0 Å². The molecule has 1 unspecified atom stereocenters. The Morgan fingerprint density at radius 2 is 2.06 bits per heavy atom. The molecule has 0 radical (unpaired) electrons. The molecule has 0 heterocycles. The number of rotatable bonds is 4. The van der Waals surface area contributed by atoms with E-state index in [1.165, 1.54) is 6.92 Å². The Labute approximate surface area is 106 Å². The molecule has 1 atom stereocenters. The van der Waals surface area contributed by atoms with Crippen molar-refractivity contribution < 1.29 is 14.5 Å². The van der Waals surface area contributed by atoms with Gasteiger partial charge in [-0.25, -0.2) is 4.79 Å². The van der Waals surface area contributed by atoms with Crippen LogP contribution in [-0.4, -0.2) is 17.5 Å². The molecule has 0 saturated carbocycles. The van der Waals surface area contributed by atoms with Crippen LogP contribution in [0.5, 0.6) is 0 Å². The van der Waals surface area contributed by atoms with Gasteiger partial charge in [0.05, 0.1) is 6.61 Å². The number of benzene rings is 1. The predicted octanol–water partition coefficient (Wildman–Crippen LogP) is 2.36. The minimum atomic E-state index is -1.85. The van der Waals surface area contributed by atoms with E-state index < -0.39 is 16.4 Å². The van der Waals surface area contributed by atoms with Crippen molar-refractivity contribution in [1.29, 1.82) is 0 Å². The number of nitrogens with zero attached hydrogens (tertiary/aromatic N) is 1. The molecule has 0 aromatic heterocycles. The number of hydrogen-bond acceptors (Lipinski definition) is 4. The van der Waals surface area contributed by atoms with Crippen LogP contribution < -0.4 is 0 Å². The number of nitro groups is 1. The second kappa shape index (κ2) is 5.16. The molecule has 5 nitrogen and oxygen atoms in total. The van der Waals surface area contributed by atoms with Crippen LogP contribution in [0.1, 0.15) is 30.5 Å². The second-order valence-electron chi connectivity index (χ2n) is 4.37. The molecule has 0 N–H and O–H groups in total. The average Bonchev–Trinajstić information content (AvgIpc) is 2.28. The maximum atomic E-state index is 11.9. The van der Waals surface area contributed by atoms with Crippen LogP contribution in [0.15, 0.2) is 18.2 Å². The first-order chi connectivity index (χ1) is 8.33. The van der Waals surface area contributed by atoms with Crippen LogP contribution in [-0.2, 0) is 15.1 Å². The number of carbonyl (C=O) groups excluding carboxylic acids is 1. The minimum Gasteiger partial charge on any atom is -0.460 e. The highest BCUT2D eigenvalue weighted by Crippen LogP contribution is 2.29. The molecule has 18 heavy (non-hydrogen) atoms. The molecule has 0 aliphatic carbocycles. The van der Waals surface area contributed by atoms with Gasteiger partial charge in [-0.05, 0) is 26.3 Å². The van der Waals surface area contributed by atoms with Crippen molar-refractivity contribution in [3.05, 3.63) is 45.0 Å². The van der Waals surface area contributed by atoms with Crippen LogP contribution in [0.25, 0.3) is 0 Å². The lowest BCUT2D eigenvalue weighted by Gasteiger charge is -2.21. The zero-order valence-corrected chi connectivity index (χ0v) is 11.0. The van der Waals surface area contributed by atoms with Crippen molar-refractivity contribution in [2.24, 2.45) is 0 Å². The van der Waals surface area contributed by atoms with E-state index in [1.54, 1.807) is 26.0 Å². The highest BCUT2D eigenvalue weighted by Gasteiger charge is 2.50. The zero-order valence-electron chi connectivity index (χ0n) is 11.0. The van der Waals surface area contributed by atoms with Crippen LogP contribution in [0.4, 0.5) is 0 Å². The fourth-order valence-electron chi connectivity index (χ4n) is 1.91. The van der Waals surface area contributed by atoms with Gasteiger partial charge in [0.2, 0.25) is 0 Å². The van der Waals surface area contributed by atoms with Crippen molar-refractivity contribution in [2.45, 2.75) is 33.2 Å². The number of esters is 1. The molecule has 0 amide bonds. The molecule has 0 aliphatic rings. The van der Waals surface area contributed by atoms with Gasteiger partial charge >= 0.3 is 11.5 Å². The summed E-state index contributed by atoms with van der Waals surface area (Å²) in [4.78, 5) is 22.6. The standard InChI is InChI=1S/C13H17NO4/c1-5-18-12(15)13(4,14(16)17)11-7-6-9(2)8-10(11)3/h6-8H,5H2,1-4H3. The third-order valence-electron chi connectivity index (χ3n) is 2.94. The summed E-state index contributed by atoms with van der Waals surface area (Å²) in [5.41, 5.74) is 0.220. The summed E-state index contributed by atoms with van der Waals surface area (Å²) in [6, 6.07) is 5.18. The van der Waals surface area contributed by atoms with Gasteiger partial charge in [0.1, 0.15) is 0 Å². The molecule has 1 rings (SSSR count). The first-order valence-corrected chi connectivity index (χ1v) is 5.73. The summed E-state index contributed by atoms with van der Waals surface area (Å²) in [5.74, 6) is -0.832. The second-order valence-corrected chi connectivity index (χ2v) is 4.37. The first-order valence-electron chi connectivity index (χ1n) is 5.73. The molecular formula is C13H17NO4. The van der Waals surface area contributed by atoms with Gasteiger partial charge < -0.3 is 4.74 Å². The summed E-state index contributed by atoms with van der Waals surface area (Å²) in [6.45, 7) is 6.67. The zero-order chi connectivity index (χ0) is 13.9. The maximum absolute atomic E-state index is 11.9. The minimum absolute atomic E-state index is 0.118. The van der Waals surface area contributed by atoms with Gasteiger partial charge in [-0.2, -0.15) is 0 Å². The van der Waals surface area contributed by atoms with Crippen molar-refractivity contribution in [1.82, 2.24) is 0 Å². The Balaban J connectivity index is 3.36. The quantitative estimate of drug-likeness (QED) is 0.468. The maximum Gasteiger partial charge on any atom is 0.389 e. The Morgan fingerprint density at radius 1 is 1.44 bits per heavy atom. The fourth-order valence-corrected chi connectivity index (χ4v) is 1.91. The fraction of sp³-hybridized carbons (Fsp3) is 0.462. The normalized spacial score (nSPS) is 13.8. The van der Waals surface area contributed by atoms with Crippen LogP contribution in [0.2, 0.25) is 0 Å². The van der Waals surface area contributed by atoms with Crippen molar-refractivity contribution in [3.63, 3.8) is 0 Å². The molecule has 1 aromatic rings. The molecule has 0 saturated heterocycles. The lowest BCUT2D eigenvalue weighted by molar-refractivity contribution is -0.559. The van der Waals surface area contributed by atoms with E-state index in [-0.39, 0.29) is 6.61 Å². The van der Waals surface area contributed by atoms with E-state index in [2.05, 4.69) is 0 Å². The third-order valence-corrected chi connectivity index (χ3v) is 2.94. The van der Waals surface area contributed by atoms with Crippen molar-refractivity contribution in [2.75, 3.05) is 6.61 Å². The topological polar surface area (TPSA) is 69.4 Å². The van der Waals surface area contributed by atoms with Crippen LogP contribution in [0, 0.1) is 24.0 Å².